The highest BCUT2D eigenvalue weighted by Gasteiger charge is 2.24. The third-order valence-electron chi connectivity index (χ3n) is 4.70. The van der Waals surface area contributed by atoms with Gasteiger partial charge in [0.2, 0.25) is 0 Å². The maximum absolute atomic E-state index is 3.83. The van der Waals surface area contributed by atoms with Gasteiger partial charge in [-0.3, -0.25) is 0 Å². The molecule has 18 heavy (non-hydrogen) atoms. The van der Waals surface area contributed by atoms with Crippen molar-refractivity contribution in [2.45, 2.75) is 72.4 Å². The van der Waals surface area contributed by atoms with Gasteiger partial charge in [-0.2, -0.15) is 0 Å². The van der Waals surface area contributed by atoms with Gasteiger partial charge in [-0.05, 0) is 58.0 Å². The molecule has 1 fully saturated rings. The largest absolute Gasteiger partial charge is 0.311 e. The molecule has 1 aliphatic rings. The van der Waals surface area contributed by atoms with Crippen molar-refractivity contribution in [3.8, 4) is 0 Å². The Morgan fingerprint density at radius 1 is 1.22 bits per heavy atom. The molecule has 0 aromatic rings. The second-order valence-electron chi connectivity index (χ2n) is 6.40. The second kappa shape index (κ2) is 8.16. The number of hydrogen-bond donors (Lipinski definition) is 1. The molecule has 0 radical (unpaired) electrons. The van der Waals surface area contributed by atoms with Gasteiger partial charge in [-0.1, -0.05) is 27.2 Å². The molecular weight excluding hydrogens is 220 g/mol. The molecular formula is C16H34N2. The summed E-state index contributed by atoms with van der Waals surface area (Å²) in [5.74, 6) is 1.69. The maximum Gasteiger partial charge on any atom is 0.00816 e. The van der Waals surface area contributed by atoms with Gasteiger partial charge >= 0.3 is 0 Å². The van der Waals surface area contributed by atoms with Crippen molar-refractivity contribution in [1.82, 2.24) is 10.2 Å². The second-order valence-corrected chi connectivity index (χ2v) is 6.40. The zero-order valence-corrected chi connectivity index (χ0v) is 13.2. The topological polar surface area (TPSA) is 15.3 Å². The van der Waals surface area contributed by atoms with E-state index >= 15 is 0 Å². The summed E-state index contributed by atoms with van der Waals surface area (Å²) in [7, 11) is 0. The van der Waals surface area contributed by atoms with Gasteiger partial charge in [0.05, 0.1) is 0 Å². The molecule has 0 aliphatic carbocycles. The Morgan fingerprint density at radius 3 is 2.56 bits per heavy atom. The predicted molar refractivity (Wildman–Crippen MR) is 81.0 cm³/mol. The van der Waals surface area contributed by atoms with E-state index in [1.165, 1.54) is 45.3 Å². The standard InChI is InChI=1S/C16H34N2/c1-6-13(3)11-14(4)17-15(5)16-9-8-10-18(7-2)12-16/h13-17H,6-12H2,1-5H3. The minimum absolute atomic E-state index is 0.659. The van der Waals surface area contributed by atoms with Crippen molar-refractivity contribution < 1.29 is 0 Å². The van der Waals surface area contributed by atoms with Gasteiger partial charge in [0.25, 0.3) is 0 Å². The lowest BCUT2D eigenvalue weighted by Crippen LogP contribution is -2.47. The molecule has 1 saturated heterocycles. The Bertz CT molecular complexity index is 217. The summed E-state index contributed by atoms with van der Waals surface area (Å²) in [5, 5.41) is 3.83. The smallest absolute Gasteiger partial charge is 0.00816 e. The van der Waals surface area contributed by atoms with E-state index in [4.69, 9.17) is 0 Å². The quantitative estimate of drug-likeness (QED) is 0.748. The van der Waals surface area contributed by atoms with Gasteiger partial charge in [0.15, 0.2) is 0 Å². The Hall–Kier alpha value is -0.0800. The SMILES string of the molecule is CCC(C)CC(C)NC(C)C1CCCN(CC)C1. The first-order chi connectivity index (χ1) is 8.56. The number of likely N-dealkylation sites (tertiary alicyclic amines) is 1. The lowest BCUT2D eigenvalue weighted by atomic mass is 9.90. The zero-order chi connectivity index (χ0) is 13.5. The molecule has 1 heterocycles. The fourth-order valence-corrected chi connectivity index (χ4v) is 3.21. The third-order valence-corrected chi connectivity index (χ3v) is 4.70. The lowest BCUT2D eigenvalue weighted by Gasteiger charge is -2.36. The van der Waals surface area contributed by atoms with Crippen LogP contribution < -0.4 is 5.32 Å². The highest BCUT2D eigenvalue weighted by Crippen LogP contribution is 2.20. The van der Waals surface area contributed by atoms with Gasteiger partial charge in [-0.15, -0.1) is 0 Å². The van der Waals surface area contributed by atoms with E-state index in [9.17, 15) is 0 Å². The summed E-state index contributed by atoms with van der Waals surface area (Å²) < 4.78 is 0. The van der Waals surface area contributed by atoms with E-state index < -0.39 is 0 Å². The van der Waals surface area contributed by atoms with Crippen molar-refractivity contribution in [2.24, 2.45) is 11.8 Å². The Balaban J connectivity index is 2.32. The molecule has 0 spiro atoms. The fourth-order valence-electron chi connectivity index (χ4n) is 3.21. The Labute approximate surface area is 115 Å². The summed E-state index contributed by atoms with van der Waals surface area (Å²) in [6.07, 6.45) is 5.39. The lowest BCUT2D eigenvalue weighted by molar-refractivity contribution is 0.151. The monoisotopic (exact) mass is 254 g/mol. The number of nitrogens with one attached hydrogen (secondary N) is 1. The first-order valence-electron chi connectivity index (χ1n) is 8.05. The van der Waals surface area contributed by atoms with Crippen molar-refractivity contribution in [2.75, 3.05) is 19.6 Å². The van der Waals surface area contributed by atoms with Crippen molar-refractivity contribution in [3.63, 3.8) is 0 Å². The number of nitrogens with zero attached hydrogens (tertiary/aromatic N) is 1. The Morgan fingerprint density at radius 2 is 1.94 bits per heavy atom. The molecule has 1 rings (SSSR count). The highest BCUT2D eigenvalue weighted by molar-refractivity contribution is 4.81. The molecule has 0 aromatic carbocycles. The number of piperidine rings is 1. The molecule has 2 nitrogen and oxygen atoms in total. The van der Waals surface area contributed by atoms with Crippen LogP contribution in [0, 0.1) is 11.8 Å². The highest BCUT2D eigenvalue weighted by atomic mass is 15.1. The summed E-state index contributed by atoms with van der Waals surface area (Å²) in [4.78, 5) is 2.60. The molecule has 0 bridgehead atoms. The third kappa shape index (κ3) is 5.27. The van der Waals surface area contributed by atoms with Gasteiger partial charge in [0.1, 0.15) is 0 Å². The van der Waals surface area contributed by atoms with Crippen LogP contribution in [0.15, 0.2) is 0 Å². The van der Waals surface area contributed by atoms with Gasteiger partial charge < -0.3 is 10.2 Å². The maximum atomic E-state index is 3.83. The summed E-state index contributed by atoms with van der Waals surface area (Å²) in [6.45, 7) is 15.5. The van der Waals surface area contributed by atoms with Crippen LogP contribution in [0.25, 0.3) is 0 Å². The minimum atomic E-state index is 0.659. The summed E-state index contributed by atoms with van der Waals surface area (Å²) in [5.41, 5.74) is 0. The number of rotatable bonds is 7. The Kier molecular flexibility index (Phi) is 7.25. The van der Waals surface area contributed by atoms with Crippen LogP contribution in [0.1, 0.15) is 60.3 Å². The van der Waals surface area contributed by atoms with Gasteiger partial charge in [0, 0.05) is 18.6 Å². The van der Waals surface area contributed by atoms with Crippen LogP contribution in [0.3, 0.4) is 0 Å². The molecule has 4 unspecified atom stereocenters. The van der Waals surface area contributed by atoms with E-state index in [1.807, 2.05) is 0 Å². The van der Waals surface area contributed by atoms with Crippen molar-refractivity contribution >= 4 is 0 Å². The average molecular weight is 254 g/mol. The summed E-state index contributed by atoms with van der Waals surface area (Å²) in [6, 6.07) is 1.32. The predicted octanol–water partition coefficient (Wildman–Crippen LogP) is 3.52. The van der Waals surface area contributed by atoms with Crippen LogP contribution in [-0.2, 0) is 0 Å². The van der Waals surface area contributed by atoms with Crippen LogP contribution in [0.2, 0.25) is 0 Å². The van der Waals surface area contributed by atoms with Crippen LogP contribution in [-0.4, -0.2) is 36.6 Å². The van der Waals surface area contributed by atoms with E-state index in [0.29, 0.717) is 12.1 Å². The molecule has 0 amide bonds. The zero-order valence-electron chi connectivity index (χ0n) is 13.2. The summed E-state index contributed by atoms with van der Waals surface area (Å²) >= 11 is 0. The first-order valence-corrected chi connectivity index (χ1v) is 8.05. The normalized spacial score (nSPS) is 26.8. The van der Waals surface area contributed by atoms with Crippen LogP contribution >= 0.6 is 0 Å². The average Bonchev–Trinajstić information content (AvgIpc) is 2.38. The van der Waals surface area contributed by atoms with Crippen molar-refractivity contribution in [1.29, 1.82) is 0 Å². The minimum Gasteiger partial charge on any atom is -0.311 e. The molecule has 1 N–H and O–H groups in total. The van der Waals surface area contributed by atoms with Crippen molar-refractivity contribution in [3.05, 3.63) is 0 Å². The number of hydrogen-bond acceptors (Lipinski definition) is 2. The molecule has 108 valence electrons. The van der Waals surface area contributed by atoms with E-state index in [-0.39, 0.29) is 0 Å². The molecule has 2 heteroatoms. The molecule has 0 aromatic heterocycles. The van der Waals surface area contributed by atoms with E-state index in [1.54, 1.807) is 0 Å². The van der Waals surface area contributed by atoms with E-state index in [0.717, 1.165) is 11.8 Å². The molecule has 4 atom stereocenters. The fraction of sp³-hybridized carbons (Fsp3) is 1.00. The van der Waals surface area contributed by atoms with E-state index in [2.05, 4.69) is 44.8 Å². The first kappa shape index (κ1) is 16.0. The van der Waals surface area contributed by atoms with Crippen LogP contribution in [0.4, 0.5) is 0 Å². The van der Waals surface area contributed by atoms with Crippen LogP contribution in [0.5, 0.6) is 0 Å². The molecule has 1 aliphatic heterocycles. The van der Waals surface area contributed by atoms with Gasteiger partial charge in [-0.25, -0.2) is 0 Å². The molecule has 0 saturated carbocycles.